The third-order valence-electron chi connectivity index (χ3n) is 4.79. The second kappa shape index (κ2) is 10.9. The van der Waals surface area contributed by atoms with Gasteiger partial charge in [0, 0.05) is 25.5 Å². The lowest BCUT2D eigenvalue weighted by Crippen LogP contribution is -2.29. The van der Waals surface area contributed by atoms with Crippen LogP contribution in [0.5, 0.6) is 0 Å². The van der Waals surface area contributed by atoms with Gasteiger partial charge in [-0.15, -0.1) is 0 Å². The predicted molar refractivity (Wildman–Crippen MR) is 125 cm³/mol. The number of sulfone groups is 1. The topological polar surface area (TPSA) is 82.7 Å². The first kappa shape index (κ1) is 27.2. The minimum absolute atomic E-state index is 0.0670. The lowest BCUT2D eigenvalue weighted by atomic mass is 10.2. The van der Waals surface area contributed by atoms with E-state index in [-0.39, 0.29) is 29.4 Å². The van der Waals surface area contributed by atoms with Gasteiger partial charge in [-0.1, -0.05) is 18.7 Å². The van der Waals surface area contributed by atoms with Gasteiger partial charge in [0.1, 0.15) is 13.2 Å². The van der Waals surface area contributed by atoms with E-state index in [1.807, 2.05) is 19.0 Å². The van der Waals surface area contributed by atoms with Gasteiger partial charge in [-0.2, -0.15) is 13.2 Å². The Hall–Kier alpha value is -3.05. The highest BCUT2D eigenvalue weighted by atomic mass is 32.2. The second-order valence-corrected chi connectivity index (χ2v) is 10.0. The molecule has 0 atom stereocenters. The summed E-state index contributed by atoms with van der Waals surface area (Å²) < 4.78 is 68.4. The van der Waals surface area contributed by atoms with Crippen LogP contribution < -0.4 is 0 Å². The van der Waals surface area contributed by atoms with Gasteiger partial charge in [-0.05, 0) is 50.0 Å². The fourth-order valence-corrected chi connectivity index (χ4v) is 3.58. The van der Waals surface area contributed by atoms with Gasteiger partial charge in [0.15, 0.2) is 9.84 Å². The molecule has 1 N–H and O–H groups in total. The molecule has 0 unspecified atom stereocenters. The molecule has 11 heteroatoms. The zero-order valence-corrected chi connectivity index (χ0v) is 20.3. The maximum absolute atomic E-state index is 13.2. The number of likely N-dealkylation sites (N-methyl/N-ethyl adjacent to an activating group) is 2. The van der Waals surface area contributed by atoms with Crippen LogP contribution in [-0.4, -0.2) is 82.4 Å². The number of hydrogen-bond donors (Lipinski definition) is 1. The highest BCUT2D eigenvalue weighted by Gasteiger charge is 2.31. The van der Waals surface area contributed by atoms with Crippen LogP contribution >= 0.6 is 0 Å². The number of nitrogens with one attached hydrogen (secondary N) is 1. The molecule has 1 aromatic heterocycles. The molecule has 0 saturated heterocycles. The van der Waals surface area contributed by atoms with E-state index in [9.17, 15) is 26.4 Å². The third kappa shape index (κ3) is 7.77. The van der Waals surface area contributed by atoms with Crippen molar-refractivity contribution < 1.29 is 31.1 Å². The molecule has 1 aromatic carbocycles. The lowest BCUT2D eigenvalue weighted by Gasteiger charge is -2.22. The van der Waals surface area contributed by atoms with Gasteiger partial charge >= 0.3 is 12.1 Å². The Morgan fingerprint density at radius 1 is 1.18 bits per heavy atom. The normalized spacial score (nSPS) is 12.6. The largest absolute Gasteiger partial charge is 0.463 e. The molecule has 0 saturated carbocycles. The monoisotopic (exact) mass is 499 g/mol. The molecule has 0 radical (unpaired) electrons. The van der Waals surface area contributed by atoms with Crippen molar-refractivity contribution in [1.82, 2.24) is 14.8 Å². The SMILES string of the molecule is C=C(/C=C(/c1ccc(-c2cccc(S(C)(=O)=O)c2)[nH]1)N(C)CC(=O)OCCN(C)C)C(F)(F)F. The first-order chi connectivity index (χ1) is 15.7. The summed E-state index contributed by atoms with van der Waals surface area (Å²) in [5, 5.41) is 0. The molecule has 0 amide bonds. The highest BCUT2D eigenvalue weighted by Crippen LogP contribution is 2.30. The fraction of sp³-hybridized carbons (Fsp3) is 0.348. The van der Waals surface area contributed by atoms with Crippen LogP contribution in [0.2, 0.25) is 0 Å². The summed E-state index contributed by atoms with van der Waals surface area (Å²) in [4.78, 5) is 18.5. The molecule has 7 nitrogen and oxygen atoms in total. The number of benzene rings is 1. The molecular formula is C23H28F3N3O4S. The standard InChI is InChI=1S/C23H28F3N3O4S/c1-16(23(24,25)26)13-21(29(4)15-22(30)33-12-11-28(2)3)20-10-9-19(27-20)17-7-6-8-18(14-17)34(5,31)32/h6-10,13-14,27H,1,11-12,15H2,2-5H3/b21-13-. The molecule has 0 fully saturated rings. The van der Waals surface area contributed by atoms with Crippen molar-refractivity contribution in [2.75, 3.05) is 47.1 Å². The average Bonchev–Trinajstić information content (AvgIpc) is 3.20. The number of halogens is 3. The van der Waals surface area contributed by atoms with Crippen molar-refractivity contribution >= 4 is 21.5 Å². The summed E-state index contributed by atoms with van der Waals surface area (Å²) in [6, 6.07) is 9.33. The number of carbonyl (C=O) groups excluding carboxylic acids is 1. The average molecular weight is 500 g/mol. The minimum atomic E-state index is -4.66. The Bertz CT molecular complexity index is 1170. The Labute approximate surface area is 197 Å². The quantitative estimate of drug-likeness (QED) is 0.398. The number of aromatic amines is 1. The van der Waals surface area contributed by atoms with E-state index in [1.54, 1.807) is 24.3 Å². The van der Waals surface area contributed by atoms with Crippen LogP contribution in [0.15, 0.2) is 59.5 Å². The molecule has 1 heterocycles. The zero-order valence-electron chi connectivity index (χ0n) is 19.4. The van der Waals surface area contributed by atoms with Gasteiger partial charge < -0.3 is 19.5 Å². The summed E-state index contributed by atoms with van der Waals surface area (Å²) in [5.74, 6) is -0.597. The van der Waals surface area contributed by atoms with Crippen LogP contribution in [0.1, 0.15) is 5.69 Å². The van der Waals surface area contributed by atoms with E-state index in [2.05, 4.69) is 11.6 Å². The number of H-pyrrole nitrogens is 1. The molecular weight excluding hydrogens is 471 g/mol. The molecule has 2 aromatic rings. The Morgan fingerprint density at radius 2 is 1.85 bits per heavy atom. The number of hydrogen-bond acceptors (Lipinski definition) is 6. The number of aromatic nitrogens is 1. The smallest absolute Gasteiger partial charge is 0.415 e. The molecule has 186 valence electrons. The second-order valence-electron chi connectivity index (χ2n) is 8.02. The van der Waals surface area contributed by atoms with Crippen molar-refractivity contribution in [3.63, 3.8) is 0 Å². The number of nitrogens with zero attached hydrogens (tertiary/aromatic N) is 2. The van der Waals surface area contributed by atoms with E-state index >= 15 is 0 Å². The van der Waals surface area contributed by atoms with Crippen LogP contribution in [0.3, 0.4) is 0 Å². The predicted octanol–water partition coefficient (Wildman–Crippen LogP) is 3.58. The van der Waals surface area contributed by atoms with E-state index in [1.165, 1.54) is 24.1 Å². The highest BCUT2D eigenvalue weighted by molar-refractivity contribution is 7.90. The van der Waals surface area contributed by atoms with E-state index < -0.39 is 27.6 Å². The number of esters is 1. The van der Waals surface area contributed by atoms with Crippen molar-refractivity contribution in [2.45, 2.75) is 11.1 Å². The molecule has 34 heavy (non-hydrogen) atoms. The first-order valence-corrected chi connectivity index (χ1v) is 12.1. The van der Waals surface area contributed by atoms with Crippen molar-refractivity contribution in [3.05, 3.63) is 60.3 Å². The summed E-state index contributed by atoms with van der Waals surface area (Å²) in [7, 11) is 1.66. The summed E-state index contributed by atoms with van der Waals surface area (Å²) in [6.45, 7) is 3.47. The molecule has 0 spiro atoms. The summed E-state index contributed by atoms with van der Waals surface area (Å²) in [5.41, 5.74) is 0.289. The van der Waals surface area contributed by atoms with Crippen molar-refractivity contribution in [3.8, 4) is 11.3 Å². The lowest BCUT2D eigenvalue weighted by molar-refractivity contribution is -0.144. The zero-order chi connectivity index (χ0) is 25.7. The number of carbonyl (C=O) groups is 1. The maximum atomic E-state index is 13.2. The van der Waals surface area contributed by atoms with E-state index in [0.717, 1.165) is 12.3 Å². The summed E-state index contributed by atoms with van der Waals surface area (Å²) >= 11 is 0. The van der Waals surface area contributed by atoms with Gasteiger partial charge in [0.2, 0.25) is 0 Å². The maximum Gasteiger partial charge on any atom is 0.415 e. The van der Waals surface area contributed by atoms with Crippen molar-refractivity contribution in [1.29, 1.82) is 0 Å². The van der Waals surface area contributed by atoms with Gasteiger partial charge in [-0.25, -0.2) is 8.42 Å². The van der Waals surface area contributed by atoms with Gasteiger partial charge in [-0.3, -0.25) is 4.79 Å². The third-order valence-corrected chi connectivity index (χ3v) is 5.90. The molecule has 0 aliphatic heterocycles. The van der Waals surface area contributed by atoms with Crippen LogP contribution in [-0.2, 0) is 19.4 Å². The van der Waals surface area contributed by atoms with Crippen LogP contribution in [0.4, 0.5) is 13.2 Å². The Morgan fingerprint density at radius 3 is 2.44 bits per heavy atom. The number of allylic oxidation sites excluding steroid dienone is 2. The van der Waals surface area contributed by atoms with Crippen LogP contribution in [0.25, 0.3) is 17.0 Å². The summed E-state index contributed by atoms with van der Waals surface area (Å²) in [6.07, 6.45) is -2.73. The first-order valence-electron chi connectivity index (χ1n) is 10.2. The van der Waals surface area contributed by atoms with Crippen molar-refractivity contribution in [2.24, 2.45) is 0 Å². The molecule has 0 aliphatic rings. The Balaban J connectivity index is 2.36. The molecule has 2 rings (SSSR count). The van der Waals surface area contributed by atoms with E-state index in [4.69, 9.17) is 4.74 Å². The number of alkyl halides is 3. The van der Waals surface area contributed by atoms with E-state index in [0.29, 0.717) is 17.8 Å². The van der Waals surface area contributed by atoms with Gasteiger partial charge in [0.25, 0.3) is 0 Å². The fourth-order valence-electron chi connectivity index (χ4n) is 2.91. The number of ether oxygens (including phenoxy) is 1. The minimum Gasteiger partial charge on any atom is -0.463 e. The van der Waals surface area contributed by atoms with Gasteiger partial charge in [0.05, 0.1) is 21.9 Å². The Kier molecular flexibility index (Phi) is 8.73. The molecule has 0 bridgehead atoms. The molecule has 0 aliphatic carbocycles. The van der Waals surface area contributed by atoms with Crippen LogP contribution in [0, 0.1) is 0 Å². The number of rotatable bonds is 10.